The molecule has 0 aromatic heterocycles. The van der Waals surface area contributed by atoms with E-state index in [1.165, 1.54) is 0 Å². The van der Waals surface area contributed by atoms with Gasteiger partial charge < -0.3 is 9.47 Å². The molecule has 1 heterocycles. The molecule has 0 saturated carbocycles. The molecule has 2 atom stereocenters. The van der Waals surface area contributed by atoms with Gasteiger partial charge in [-0.05, 0) is 48.4 Å². The Morgan fingerprint density at radius 2 is 1.89 bits per heavy atom. The van der Waals surface area contributed by atoms with Gasteiger partial charge in [0.25, 0.3) is 0 Å². The molecule has 2 aromatic carbocycles. The van der Waals surface area contributed by atoms with Gasteiger partial charge in [-0.15, -0.1) is 0 Å². The summed E-state index contributed by atoms with van der Waals surface area (Å²) in [5.41, 5.74) is 1.83. The number of carbonyl (C=O) groups is 1. The van der Waals surface area contributed by atoms with Crippen molar-refractivity contribution in [3.63, 3.8) is 0 Å². The number of nitrogens with zero attached hydrogens (tertiary/aromatic N) is 1. The molecule has 4 nitrogen and oxygen atoms in total. The molecular formula is C21H22Cl3NO3. The Morgan fingerprint density at radius 1 is 1.21 bits per heavy atom. The SMILES string of the molecule is CC(CC(=O)Cl)N1CCOC(c2ccc(OCc3c(Cl)cccc3Cl)cc2)C1. The van der Waals surface area contributed by atoms with E-state index in [9.17, 15) is 4.79 Å². The van der Waals surface area contributed by atoms with Crippen LogP contribution in [-0.2, 0) is 16.1 Å². The Labute approximate surface area is 180 Å². The van der Waals surface area contributed by atoms with Crippen LogP contribution in [0.15, 0.2) is 42.5 Å². The average Bonchev–Trinajstić information content (AvgIpc) is 2.68. The minimum Gasteiger partial charge on any atom is -0.489 e. The number of morpholine rings is 1. The van der Waals surface area contributed by atoms with Crippen LogP contribution in [-0.4, -0.2) is 35.9 Å². The van der Waals surface area contributed by atoms with Crippen LogP contribution in [0.1, 0.15) is 30.6 Å². The second kappa shape index (κ2) is 9.95. The lowest BCUT2D eigenvalue weighted by Gasteiger charge is -2.36. The van der Waals surface area contributed by atoms with Crippen molar-refractivity contribution < 1.29 is 14.3 Å². The zero-order valence-corrected chi connectivity index (χ0v) is 17.8. The van der Waals surface area contributed by atoms with Crippen LogP contribution < -0.4 is 4.74 Å². The van der Waals surface area contributed by atoms with E-state index in [4.69, 9.17) is 44.3 Å². The maximum absolute atomic E-state index is 11.2. The Morgan fingerprint density at radius 3 is 2.54 bits per heavy atom. The summed E-state index contributed by atoms with van der Waals surface area (Å²) in [6, 6.07) is 13.3. The van der Waals surface area contributed by atoms with Crippen LogP contribution in [0.2, 0.25) is 10.0 Å². The molecule has 7 heteroatoms. The highest BCUT2D eigenvalue weighted by Crippen LogP contribution is 2.28. The Kier molecular flexibility index (Phi) is 7.61. The lowest BCUT2D eigenvalue weighted by Crippen LogP contribution is -2.44. The van der Waals surface area contributed by atoms with E-state index >= 15 is 0 Å². The second-order valence-corrected chi connectivity index (χ2v) is 8.06. The molecule has 1 aliphatic rings. The van der Waals surface area contributed by atoms with Crippen LogP contribution in [0.25, 0.3) is 0 Å². The summed E-state index contributed by atoms with van der Waals surface area (Å²) in [5, 5.41) is 0.865. The van der Waals surface area contributed by atoms with Crippen molar-refractivity contribution in [1.82, 2.24) is 4.90 Å². The van der Waals surface area contributed by atoms with Gasteiger partial charge in [-0.1, -0.05) is 41.4 Å². The van der Waals surface area contributed by atoms with E-state index in [1.54, 1.807) is 18.2 Å². The van der Waals surface area contributed by atoms with E-state index in [1.807, 2.05) is 31.2 Å². The molecule has 3 rings (SSSR count). The standard InChI is InChI=1S/C21H22Cl3NO3/c1-14(11-21(24)26)25-9-10-27-20(12-25)15-5-7-16(8-6-15)28-13-17-18(22)3-2-4-19(17)23/h2-8,14,20H,9-13H2,1H3. The minimum atomic E-state index is -0.310. The highest BCUT2D eigenvalue weighted by molar-refractivity contribution is 6.63. The second-order valence-electron chi connectivity index (χ2n) is 6.82. The first-order valence-electron chi connectivity index (χ1n) is 9.13. The van der Waals surface area contributed by atoms with Crippen molar-refractivity contribution in [2.24, 2.45) is 0 Å². The number of halogens is 3. The average molecular weight is 443 g/mol. The number of hydrogen-bond donors (Lipinski definition) is 0. The molecular weight excluding hydrogens is 421 g/mol. The number of carbonyl (C=O) groups excluding carboxylic acids is 1. The molecule has 28 heavy (non-hydrogen) atoms. The molecule has 150 valence electrons. The third-order valence-corrected chi connectivity index (χ3v) is 5.74. The fraction of sp³-hybridized carbons (Fsp3) is 0.381. The van der Waals surface area contributed by atoms with E-state index in [0.717, 1.165) is 30.0 Å². The fourth-order valence-electron chi connectivity index (χ4n) is 3.24. The van der Waals surface area contributed by atoms with Crippen LogP contribution in [0.5, 0.6) is 5.75 Å². The molecule has 1 saturated heterocycles. The van der Waals surface area contributed by atoms with Gasteiger partial charge in [0.1, 0.15) is 12.4 Å². The molecule has 0 aliphatic carbocycles. The van der Waals surface area contributed by atoms with Crippen molar-refractivity contribution in [2.45, 2.75) is 32.1 Å². The van der Waals surface area contributed by atoms with Gasteiger partial charge in [-0.3, -0.25) is 9.69 Å². The van der Waals surface area contributed by atoms with Crippen molar-refractivity contribution in [3.8, 4) is 5.75 Å². The van der Waals surface area contributed by atoms with Crippen LogP contribution in [0.3, 0.4) is 0 Å². The maximum atomic E-state index is 11.2. The Bertz CT molecular complexity index is 793. The van der Waals surface area contributed by atoms with Crippen LogP contribution in [0, 0.1) is 0 Å². The van der Waals surface area contributed by atoms with Crippen molar-refractivity contribution >= 4 is 40.0 Å². The quantitative estimate of drug-likeness (QED) is 0.532. The highest BCUT2D eigenvalue weighted by Gasteiger charge is 2.26. The van der Waals surface area contributed by atoms with Crippen LogP contribution in [0.4, 0.5) is 0 Å². The van der Waals surface area contributed by atoms with E-state index < -0.39 is 0 Å². The molecule has 0 N–H and O–H groups in total. The molecule has 2 unspecified atom stereocenters. The zero-order valence-electron chi connectivity index (χ0n) is 15.5. The van der Waals surface area contributed by atoms with Gasteiger partial charge >= 0.3 is 0 Å². The van der Waals surface area contributed by atoms with Crippen molar-refractivity contribution in [3.05, 3.63) is 63.6 Å². The topological polar surface area (TPSA) is 38.8 Å². The smallest absolute Gasteiger partial charge is 0.223 e. The summed E-state index contributed by atoms with van der Waals surface area (Å²) >= 11 is 17.9. The molecule has 2 aromatic rings. The molecule has 0 spiro atoms. The van der Waals surface area contributed by atoms with E-state index in [-0.39, 0.29) is 17.4 Å². The Balaban J connectivity index is 1.60. The summed E-state index contributed by atoms with van der Waals surface area (Å²) in [6.07, 6.45) is 0.291. The van der Waals surface area contributed by atoms with Crippen molar-refractivity contribution in [2.75, 3.05) is 19.7 Å². The monoisotopic (exact) mass is 441 g/mol. The predicted octanol–water partition coefficient (Wildman–Crippen LogP) is 5.49. The summed E-state index contributed by atoms with van der Waals surface area (Å²) in [5.74, 6) is 0.730. The summed E-state index contributed by atoms with van der Waals surface area (Å²) in [7, 11) is 0. The normalized spacial score (nSPS) is 18.6. The van der Waals surface area contributed by atoms with Crippen molar-refractivity contribution in [1.29, 1.82) is 0 Å². The van der Waals surface area contributed by atoms with Gasteiger partial charge in [-0.2, -0.15) is 0 Å². The molecule has 0 radical (unpaired) electrons. The third-order valence-electron chi connectivity index (χ3n) is 4.87. The number of hydrogen-bond acceptors (Lipinski definition) is 4. The maximum Gasteiger partial charge on any atom is 0.223 e. The van der Waals surface area contributed by atoms with Gasteiger partial charge in [0.2, 0.25) is 5.24 Å². The summed E-state index contributed by atoms with van der Waals surface area (Å²) < 4.78 is 11.7. The molecule has 0 amide bonds. The lowest BCUT2D eigenvalue weighted by atomic mass is 10.1. The van der Waals surface area contributed by atoms with Gasteiger partial charge in [0, 0.05) is 41.2 Å². The minimum absolute atomic E-state index is 0.0475. The first-order chi connectivity index (χ1) is 13.4. The molecule has 0 bridgehead atoms. The molecule has 1 fully saturated rings. The van der Waals surface area contributed by atoms with E-state index in [0.29, 0.717) is 29.7 Å². The van der Waals surface area contributed by atoms with Gasteiger partial charge in [0.05, 0.1) is 12.7 Å². The van der Waals surface area contributed by atoms with Gasteiger partial charge in [-0.25, -0.2) is 0 Å². The number of ether oxygens (including phenoxy) is 2. The summed E-state index contributed by atoms with van der Waals surface area (Å²) in [4.78, 5) is 13.4. The summed E-state index contributed by atoms with van der Waals surface area (Å²) in [6.45, 7) is 4.45. The predicted molar refractivity (Wildman–Crippen MR) is 112 cm³/mol. The lowest BCUT2D eigenvalue weighted by molar-refractivity contribution is -0.113. The Hall–Kier alpha value is -1.30. The zero-order chi connectivity index (χ0) is 20.1. The number of benzene rings is 2. The van der Waals surface area contributed by atoms with Crippen LogP contribution >= 0.6 is 34.8 Å². The number of rotatable bonds is 7. The van der Waals surface area contributed by atoms with E-state index in [2.05, 4.69) is 4.90 Å². The highest BCUT2D eigenvalue weighted by atomic mass is 35.5. The first kappa shape index (κ1) is 21.4. The molecule has 1 aliphatic heterocycles. The third kappa shape index (κ3) is 5.62. The van der Waals surface area contributed by atoms with Gasteiger partial charge in [0.15, 0.2) is 0 Å². The largest absolute Gasteiger partial charge is 0.489 e. The first-order valence-corrected chi connectivity index (χ1v) is 10.3. The fourth-order valence-corrected chi connectivity index (χ4v) is 3.97.